The normalized spacial score (nSPS) is 20.5. The first kappa shape index (κ1) is 38.1. The second-order valence-corrected chi connectivity index (χ2v) is 14.8. The van der Waals surface area contributed by atoms with E-state index in [1.807, 2.05) is 0 Å². The van der Waals surface area contributed by atoms with Crippen LogP contribution in [0.3, 0.4) is 0 Å². The minimum absolute atomic E-state index is 0.150. The second kappa shape index (κ2) is 13.8. The molecule has 2 aliphatic rings. The SMILES string of the molecule is CC(=O)N1CCC(C(=O)NC2CC(c3ccc(C(OCc4c(F)cccc4F)(C(F)(F)F)C(F)(F)F)cc3)(S(=O)(=O)c3ccc(F)cc3)C2)CC1. The van der Waals surface area contributed by atoms with Gasteiger partial charge in [-0.15, -0.1) is 0 Å². The van der Waals surface area contributed by atoms with Gasteiger partial charge in [0.25, 0.3) is 5.60 Å². The van der Waals surface area contributed by atoms with E-state index in [-0.39, 0.29) is 29.2 Å². The summed E-state index contributed by atoms with van der Waals surface area (Å²) in [6.07, 6.45) is -12.4. The zero-order valence-electron chi connectivity index (χ0n) is 26.8. The minimum Gasteiger partial charge on any atom is -0.353 e. The van der Waals surface area contributed by atoms with Crippen LogP contribution in [0.1, 0.15) is 49.3 Å². The van der Waals surface area contributed by atoms with Crippen molar-refractivity contribution in [2.45, 2.75) is 72.9 Å². The van der Waals surface area contributed by atoms with Crippen molar-refractivity contribution in [3.05, 3.63) is 101 Å². The number of hydrogen-bond acceptors (Lipinski definition) is 5. The van der Waals surface area contributed by atoms with E-state index < -0.39 is 85.6 Å². The Morgan fingerprint density at radius 2 is 1.37 bits per heavy atom. The number of ether oxygens (including phenoxy) is 1. The Hall–Kier alpha value is -4.12. The molecule has 0 aromatic heterocycles. The quantitative estimate of drug-likeness (QED) is 0.191. The van der Waals surface area contributed by atoms with Gasteiger partial charge in [-0.25, -0.2) is 21.6 Å². The van der Waals surface area contributed by atoms with Crippen LogP contribution >= 0.6 is 0 Å². The zero-order chi connectivity index (χ0) is 37.6. The first-order valence-corrected chi connectivity index (χ1v) is 17.1. The van der Waals surface area contributed by atoms with E-state index in [0.29, 0.717) is 50.2 Å². The molecule has 1 N–H and O–H groups in total. The number of likely N-dealkylation sites (tertiary alicyclic amines) is 1. The Morgan fingerprint density at radius 3 is 1.86 bits per heavy atom. The molecular weight excluding hydrogens is 719 g/mol. The Balaban J connectivity index is 1.49. The monoisotopic (exact) mass is 750 g/mol. The van der Waals surface area contributed by atoms with Gasteiger partial charge in [-0.05, 0) is 67.6 Å². The van der Waals surface area contributed by atoms with Crippen LogP contribution in [-0.4, -0.2) is 56.6 Å². The molecule has 17 heteroatoms. The molecule has 3 aromatic carbocycles. The van der Waals surface area contributed by atoms with Gasteiger partial charge in [-0.1, -0.05) is 30.3 Å². The summed E-state index contributed by atoms with van der Waals surface area (Å²) in [4.78, 5) is 25.9. The number of halogens is 9. The van der Waals surface area contributed by atoms with Crippen LogP contribution in [0.4, 0.5) is 39.5 Å². The number of amides is 2. The number of benzene rings is 3. The van der Waals surface area contributed by atoms with Gasteiger partial charge in [0, 0.05) is 43.1 Å². The fraction of sp³-hybridized carbons (Fsp3) is 0.412. The third-order valence-corrected chi connectivity index (χ3v) is 12.0. The van der Waals surface area contributed by atoms with Crippen molar-refractivity contribution in [2.24, 2.45) is 5.92 Å². The summed E-state index contributed by atoms with van der Waals surface area (Å²) in [6, 6.07) is 7.27. The largest absolute Gasteiger partial charge is 0.430 e. The Labute approximate surface area is 286 Å². The fourth-order valence-electron chi connectivity index (χ4n) is 6.66. The molecule has 7 nitrogen and oxygen atoms in total. The van der Waals surface area contributed by atoms with E-state index in [1.165, 1.54) is 6.92 Å². The molecule has 0 bridgehead atoms. The highest BCUT2D eigenvalue weighted by molar-refractivity contribution is 7.92. The van der Waals surface area contributed by atoms with E-state index >= 15 is 0 Å². The first-order chi connectivity index (χ1) is 23.7. The van der Waals surface area contributed by atoms with Gasteiger partial charge in [-0.3, -0.25) is 9.59 Å². The van der Waals surface area contributed by atoms with Crippen LogP contribution in [0, 0.1) is 23.4 Å². The van der Waals surface area contributed by atoms with Crippen LogP contribution < -0.4 is 5.32 Å². The Kier molecular flexibility index (Phi) is 10.3. The number of sulfone groups is 1. The predicted molar refractivity (Wildman–Crippen MR) is 163 cm³/mol. The molecular formula is C34H31F9N2O5S. The molecule has 0 radical (unpaired) electrons. The van der Waals surface area contributed by atoms with Gasteiger partial charge in [0.05, 0.1) is 11.5 Å². The molecule has 2 amide bonds. The fourth-order valence-corrected chi connectivity index (χ4v) is 8.89. The van der Waals surface area contributed by atoms with E-state index in [4.69, 9.17) is 0 Å². The highest BCUT2D eigenvalue weighted by Crippen LogP contribution is 2.55. The van der Waals surface area contributed by atoms with Crippen LogP contribution in [-0.2, 0) is 41.1 Å². The number of carbonyl (C=O) groups excluding carboxylic acids is 2. The van der Waals surface area contributed by atoms with Gasteiger partial charge < -0.3 is 15.0 Å². The molecule has 276 valence electrons. The minimum atomic E-state index is -6.22. The average molecular weight is 751 g/mol. The van der Waals surface area contributed by atoms with E-state index in [1.54, 1.807) is 4.90 Å². The van der Waals surface area contributed by atoms with Crippen LogP contribution in [0.15, 0.2) is 71.6 Å². The molecule has 1 heterocycles. The molecule has 51 heavy (non-hydrogen) atoms. The van der Waals surface area contributed by atoms with Gasteiger partial charge in [0.2, 0.25) is 11.8 Å². The van der Waals surface area contributed by atoms with E-state index in [2.05, 4.69) is 10.1 Å². The number of nitrogens with one attached hydrogen (secondary N) is 1. The van der Waals surface area contributed by atoms with Crippen molar-refractivity contribution in [3.8, 4) is 0 Å². The number of alkyl halides is 6. The molecule has 1 aliphatic heterocycles. The molecule has 0 unspecified atom stereocenters. The van der Waals surface area contributed by atoms with Crippen molar-refractivity contribution >= 4 is 21.7 Å². The van der Waals surface area contributed by atoms with Crippen molar-refractivity contribution in [3.63, 3.8) is 0 Å². The number of carbonyl (C=O) groups is 2. The van der Waals surface area contributed by atoms with E-state index in [0.717, 1.165) is 42.5 Å². The lowest BCUT2D eigenvalue weighted by Gasteiger charge is -2.48. The van der Waals surface area contributed by atoms with Crippen molar-refractivity contribution in [1.29, 1.82) is 0 Å². The summed E-state index contributed by atoms with van der Waals surface area (Å²) >= 11 is 0. The number of piperidine rings is 1. The predicted octanol–water partition coefficient (Wildman–Crippen LogP) is 6.85. The number of hydrogen-bond donors (Lipinski definition) is 1. The van der Waals surface area contributed by atoms with Crippen molar-refractivity contribution in [2.75, 3.05) is 13.1 Å². The van der Waals surface area contributed by atoms with Gasteiger partial charge >= 0.3 is 12.4 Å². The summed E-state index contributed by atoms with van der Waals surface area (Å²) in [5, 5.41) is 2.76. The molecule has 0 spiro atoms. The van der Waals surface area contributed by atoms with E-state index in [9.17, 15) is 57.5 Å². The Morgan fingerprint density at radius 1 is 0.843 bits per heavy atom. The standard InChI is InChI=1S/C34H31F9N2O5S/c1-20(46)45-15-13-21(14-16-45)30(47)44-25-17-31(18-25,51(48,49)26-11-9-24(35)10-12-26)22-5-7-23(8-6-22)32(33(38,39)40,34(41,42)43)50-19-27-28(36)3-2-4-29(27)37/h2-12,21,25H,13-19H2,1H3,(H,44,47). The average Bonchev–Trinajstić information content (AvgIpc) is 3.03. The Bertz CT molecular complexity index is 1830. The maximum atomic E-state index is 14.5. The summed E-state index contributed by atoms with van der Waals surface area (Å²) in [6.45, 7) is 0.305. The molecule has 1 saturated carbocycles. The summed E-state index contributed by atoms with van der Waals surface area (Å²) in [7, 11) is -4.53. The third-order valence-electron chi connectivity index (χ3n) is 9.56. The zero-order valence-corrected chi connectivity index (χ0v) is 27.6. The molecule has 0 atom stereocenters. The topological polar surface area (TPSA) is 92.8 Å². The first-order valence-electron chi connectivity index (χ1n) is 15.6. The molecule has 1 saturated heterocycles. The molecule has 1 aliphatic carbocycles. The highest BCUT2D eigenvalue weighted by atomic mass is 32.2. The maximum absolute atomic E-state index is 14.5. The van der Waals surface area contributed by atoms with Crippen molar-refractivity contribution in [1.82, 2.24) is 10.2 Å². The third kappa shape index (κ3) is 6.93. The van der Waals surface area contributed by atoms with Crippen LogP contribution in [0.5, 0.6) is 0 Å². The lowest BCUT2D eigenvalue weighted by molar-refractivity contribution is -0.392. The van der Waals surface area contributed by atoms with Gasteiger partial charge in [0.1, 0.15) is 22.2 Å². The van der Waals surface area contributed by atoms with Crippen LogP contribution in [0.25, 0.3) is 0 Å². The molecule has 5 rings (SSSR count). The lowest BCUT2D eigenvalue weighted by Crippen LogP contribution is -2.58. The second-order valence-electron chi connectivity index (χ2n) is 12.6. The highest BCUT2D eigenvalue weighted by Gasteiger charge is 2.73. The number of nitrogens with zero attached hydrogens (tertiary/aromatic N) is 1. The smallest absolute Gasteiger partial charge is 0.353 e. The van der Waals surface area contributed by atoms with Crippen LogP contribution in [0.2, 0.25) is 0 Å². The van der Waals surface area contributed by atoms with Gasteiger partial charge in [0.15, 0.2) is 9.84 Å². The number of rotatable bonds is 9. The summed E-state index contributed by atoms with van der Waals surface area (Å²) in [5.74, 6) is -4.70. The lowest BCUT2D eigenvalue weighted by atomic mass is 9.74. The summed E-state index contributed by atoms with van der Waals surface area (Å²) < 4.78 is 160. The van der Waals surface area contributed by atoms with Gasteiger partial charge in [-0.2, -0.15) is 26.3 Å². The summed E-state index contributed by atoms with van der Waals surface area (Å²) in [5.41, 5.74) is -8.04. The van der Waals surface area contributed by atoms with Crippen molar-refractivity contribution < 1.29 is 62.3 Å². The maximum Gasteiger partial charge on any atom is 0.430 e. The molecule has 2 fully saturated rings. The molecule has 3 aromatic rings.